The van der Waals surface area contributed by atoms with Crippen molar-refractivity contribution in [1.29, 1.82) is 0 Å². The number of thiazole rings is 1. The number of benzene rings is 3. The lowest BCUT2D eigenvalue weighted by Crippen LogP contribution is -2.07. The Morgan fingerprint density at radius 3 is 2.60 bits per heavy atom. The third-order valence-corrected chi connectivity index (χ3v) is 5.93. The number of carbonyl (C=O) groups excluding carboxylic acids is 1. The van der Waals surface area contributed by atoms with Crippen molar-refractivity contribution in [3.05, 3.63) is 82.3 Å². The number of nitrogens with zero attached hydrogens (tertiary/aromatic N) is 1. The van der Waals surface area contributed by atoms with Crippen LogP contribution in [0, 0.1) is 0 Å². The third-order valence-electron chi connectivity index (χ3n) is 4.35. The molecule has 0 aliphatic rings. The maximum Gasteiger partial charge on any atom is 0.248 e. The van der Waals surface area contributed by atoms with Crippen molar-refractivity contribution in [3.63, 3.8) is 0 Å². The smallest absolute Gasteiger partial charge is 0.248 e. The second-order valence-corrected chi connectivity index (χ2v) is 8.27. The minimum atomic E-state index is -0.277. The number of hydrogen-bond acceptors (Lipinski definition) is 4. The maximum absolute atomic E-state index is 12.3. The number of fused-ring (bicyclic) bond motifs is 1. The van der Waals surface area contributed by atoms with Gasteiger partial charge in [-0.1, -0.05) is 35.3 Å². The number of methoxy groups -OCH3 is 1. The van der Waals surface area contributed by atoms with Gasteiger partial charge >= 0.3 is 0 Å². The van der Waals surface area contributed by atoms with Gasteiger partial charge in [-0.2, -0.15) is 0 Å². The molecule has 0 radical (unpaired) electrons. The molecule has 0 saturated heterocycles. The molecule has 0 aliphatic heterocycles. The van der Waals surface area contributed by atoms with E-state index in [1.807, 2.05) is 42.5 Å². The summed E-state index contributed by atoms with van der Waals surface area (Å²) in [6, 6.07) is 18.9. The van der Waals surface area contributed by atoms with Gasteiger partial charge in [-0.25, -0.2) is 4.98 Å². The number of hydrogen-bond donors (Lipinski definition) is 1. The molecule has 0 unspecified atom stereocenters. The first kappa shape index (κ1) is 20.4. The molecule has 30 heavy (non-hydrogen) atoms. The number of carbonyl (C=O) groups is 1. The predicted octanol–water partition coefficient (Wildman–Crippen LogP) is 6.93. The van der Waals surface area contributed by atoms with E-state index in [2.05, 4.69) is 16.4 Å². The molecule has 0 atom stereocenters. The van der Waals surface area contributed by atoms with E-state index in [0.717, 1.165) is 20.8 Å². The molecule has 1 N–H and O–H groups in total. The molecule has 0 spiro atoms. The van der Waals surface area contributed by atoms with E-state index >= 15 is 0 Å². The third kappa shape index (κ3) is 4.49. The Morgan fingerprint density at radius 1 is 1.10 bits per heavy atom. The van der Waals surface area contributed by atoms with E-state index in [4.69, 9.17) is 27.9 Å². The van der Waals surface area contributed by atoms with E-state index < -0.39 is 0 Å². The van der Waals surface area contributed by atoms with Crippen molar-refractivity contribution in [1.82, 2.24) is 4.98 Å². The molecular formula is C23H16Cl2N2O2S. The molecule has 4 rings (SSSR count). The second-order valence-electron chi connectivity index (χ2n) is 6.40. The van der Waals surface area contributed by atoms with Gasteiger partial charge in [0.15, 0.2) is 0 Å². The standard InChI is InChI=1S/C23H16Cl2N2O2S/c1-29-22-15(12-16(24)13-18(22)25)8-11-21(28)26-17-9-6-14(7-10-17)23-27-19-4-2-3-5-20(19)30-23/h2-13H,1H3,(H,26,28)/b11-8+. The average Bonchev–Trinajstić information content (AvgIpc) is 3.17. The van der Waals surface area contributed by atoms with Crippen LogP contribution in [0.1, 0.15) is 5.56 Å². The molecule has 1 amide bonds. The summed E-state index contributed by atoms with van der Waals surface area (Å²) < 4.78 is 6.43. The lowest BCUT2D eigenvalue weighted by molar-refractivity contribution is -0.111. The van der Waals surface area contributed by atoms with Crippen LogP contribution < -0.4 is 10.1 Å². The zero-order chi connectivity index (χ0) is 21.1. The van der Waals surface area contributed by atoms with Gasteiger partial charge in [0, 0.05) is 27.9 Å². The number of para-hydroxylation sites is 1. The molecule has 3 aromatic carbocycles. The fourth-order valence-electron chi connectivity index (χ4n) is 2.96. The largest absolute Gasteiger partial charge is 0.495 e. The molecular weight excluding hydrogens is 439 g/mol. The molecule has 4 nitrogen and oxygen atoms in total. The molecule has 0 aliphatic carbocycles. The van der Waals surface area contributed by atoms with E-state index in [9.17, 15) is 4.79 Å². The van der Waals surface area contributed by atoms with Crippen molar-refractivity contribution in [3.8, 4) is 16.3 Å². The first-order valence-electron chi connectivity index (χ1n) is 9.01. The van der Waals surface area contributed by atoms with Gasteiger partial charge in [0.2, 0.25) is 5.91 Å². The van der Waals surface area contributed by atoms with Gasteiger partial charge in [-0.05, 0) is 54.6 Å². The van der Waals surface area contributed by atoms with Crippen molar-refractivity contribution in [2.75, 3.05) is 12.4 Å². The number of amides is 1. The summed E-state index contributed by atoms with van der Waals surface area (Å²) >= 11 is 13.8. The summed E-state index contributed by atoms with van der Waals surface area (Å²) in [5.74, 6) is 0.186. The molecule has 0 bridgehead atoms. The first-order chi connectivity index (χ1) is 14.5. The topological polar surface area (TPSA) is 51.2 Å². The lowest BCUT2D eigenvalue weighted by Gasteiger charge is -2.08. The average molecular weight is 455 g/mol. The van der Waals surface area contributed by atoms with E-state index in [1.54, 1.807) is 29.5 Å². The molecule has 0 fully saturated rings. The Hall–Kier alpha value is -2.86. The molecule has 4 aromatic rings. The molecule has 0 saturated carbocycles. The van der Waals surface area contributed by atoms with Gasteiger partial charge in [-0.3, -0.25) is 4.79 Å². The van der Waals surface area contributed by atoms with Crippen molar-refractivity contribution < 1.29 is 9.53 Å². The maximum atomic E-state index is 12.3. The Balaban J connectivity index is 1.47. The minimum Gasteiger partial charge on any atom is -0.495 e. The predicted molar refractivity (Wildman–Crippen MR) is 126 cm³/mol. The summed E-state index contributed by atoms with van der Waals surface area (Å²) in [6.07, 6.45) is 3.02. The summed E-state index contributed by atoms with van der Waals surface area (Å²) in [7, 11) is 1.51. The Labute approximate surface area is 187 Å². The van der Waals surface area contributed by atoms with Gasteiger partial charge in [0.25, 0.3) is 0 Å². The summed E-state index contributed by atoms with van der Waals surface area (Å²) in [5, 5.41) is 4.63. The van der Waals surface area contributed by atoms with Crippen molar-refractivity contribution >= 4 is 62.4 Å². The fourth-order valence-corrected chi connectivity index (χ4v) is 4.52. The highest BCUT2D eigenvalue weighted by atomic mass is 35.5. The van der Waals surface area contributed by atoms with Gasteiger partial charge in [0.05, 0.1) is 22.3 Å². The van der Waals surface area contributed by atoms with Crippen LogP contribution in [0.25, 0.3) is 26.9 Å². The number of rotatable bonds is 5. The normalized spacial score (nSPS) is 11.2. The molecule has 150 valence electrons. The van der Waals surface area contributed by atoms with Gasteiger partial charge in [-0.15, -0.1) is 11.3 Å². The molecule has 1 heterocycles. The lowest BCUT2D eigenvalue weighted by atomic mass is 10.1. The van der Waals surface area contributed by atoms with Gasteiger partial charge in [0.1, 0.15) is 10.8 Å². The highest BCUT2D eigenvalue weighted by molar-refractivity contribution is 7.21. The minimum absolute atomic E-state index is 0.277. The fraction of sp³-hybridized carbons (Fsp3) is 0.0435. The zero-order valence-electron chi connectivity index (χ0n) is 15.9. The zero-order valence-corrected chi connectivity index (χ0v) is 18.2. The number of anilines is 1. The molecule has 1 aromatic heterocycles. The highest BCUT2D eigenvalue weighted by Crippen LogP contribution is 2.33. The number of aromatic nitrogens is 1. The number of ether oxygens (including phenoxy) is 1. The van der Waals surface area contributed by atoms with Crippen LogP contribution in [0.5, 0.6) is 5.75 Å². The van der Waals surface area contributed by atoms with Crippen LogP contribution in [0.2, 0.25) is 10.0 Å². The Morgan fingerprint density at radius 2 is 1.87 bits per heavy atom. The number of nitrogens with one attached hydrogen (secondary N) is 1. The van der Waals surface area contributed by atoms with Gasteiger partial charge < -0.3 is 10.1 Å². The highest BCUT2D eigenvalue weighted by Gasteiger charge is 2.09. The van der Waals surface area contributed by atoms with Crippen LogP contribution in [0.4, 0.5) is 5.69 Å². The Kier molecular flexibility index (Phi) is 6.04. The second kappa shape index (κ2) is 8.88. The van der Waals surface area contributed by atoms with E-state index in [1.165, 1.54) is 13.2 Å². The van der Waals surface area contributed by atoms with Crippen LogP contribution >= 0.6 is 34.5 Å². The van der Waals surface area contributed by atoms with Crippen LogP contribution in [-0.4, -0.2) is 18.0 Å². The van der Waals surface area contributed by atoms with E-state index in [0.29, 0.717) is 27.0 Å². The van der Waals surface area contributed by atoms with Crippen LogP contribution in [0.3, 0.4) is 0 Å². The summed E-state index contributed by atoms with van der Waals surface area (Å²) in [4.78, 5) is 17.0. The van der Waals surface area contributed by atoms with Crippen molar-refractivity contribution in [2.45, 2.75) is 0 Å². The van der Waals surface area contributed by atoms with Crippen LogP contribution in [0.15, 0.2) is 66.7 Å². The van der Waals surface area contributed by atoms with Crippen molar-refractivity contribution in [2.24, 2.45) is 0 Å². The number of halogens is 2. The van der Waals surface area contributed by atoms with Crippen LogP contribution in [-0.2, 0) is 4.79 Å². The van der Waals surface area contributed by atoms with E-state index in [-0.39, 0.29) is 5.91 Å². The summed E-state index contributed by atoms with van der Waals surface area (Å²) in [6.45, 7) is 0. The molecule has 7 heteroatoms. The SMILES string of the molecule is COc1c(Cl)cc(Cl)cc1/C=C/C(=O)Nc1ccc(-c2nc3ccccc3s2)cc1. The monoisotopic (exact) mass is 454 g/mol. The Bertz CT molecular complexity index is 1220. The first-order valence-corrected chi connectivity index (χ1v) is 10.6. The quantitative estimate of drug-likeness (QED) is 0.332. The summed E-state index contributed by atoms with van der Waals surface area (Å²) in [5.41, 5.74) is 3.29.